The van der Waals surface area contributed by atoms with E-state index in [1.54, 1.807) is 6.07 Å². The molecule has 6 nitrogen and oxygen atoms in total. The normalized spacial score (nSPS) is 12.1. The maximum absolute atomic E-state index is 13.7. The number of nitrogens with zero attached hydrogens (tertiary/aromatic N) is 3. The zero-order valence-corrected chi connectivity index (χ0v) is 18.6. The van der Waals surface area contributed by atoms with Gasteiger partial charge in [-0.3, -0.25) is 0 Å². The van der Waals surface area contributed by atoms with Gasteiger partial charge in [0.25, 0.3) is 6.43 Å². The number of sulfonamides is 1. The van der Waals surface area contributed by atoms with E-state index in [2.05, 4.69) is 26.6 Å². The number of rotatable bonds is 4. The molecule has 1 N–H and O–H groups in total. The molecule has 2 aromatic heterocycles. The quantitative estimate of drug-likeness (QED) is 0.323. The third-order valence-corrected chi connectivity index (χ3v) is 6.40. The van der Waals surface area contributed by atoms with Crippen molar-refractivity contribution in [2.45, 2.75) is 17.5 Å². The highest BCUT2D eigenvalue weighted by atomic mass is 32.2. The third kappa shape index (κ3) is 5.01. The molecular formula is C23H15F5N4O2S. The Morgan fingerprint density at radius 2 is 1.74 bits per heavy atom. The molecule has 180 valence electrons. The summed E-state index contributed by atoms with van der Waals surface area (Å²) in [6.45, 7) is 0. The zero-order chi connectivity index (χ0) is 25.4. The van der Waals surface area contributed by atoms with Gasteiger partial charge in [-0.25, -0.2) is 31.4 Å². The molecule has 0 aliphatic carbocycles. The maximum Gasteiger partial charge on any atom is 0.416 e. The zero-order valence-electron chi connectivity index (χ0n) is 17.8. The van der Waals surface area contributed by atoms with Gasteiger partial charge in [-0.15, -0.1) is 0 Å². The van der Waals surface area contributed by atoms with Crippen LogP contribution in [0.25, 0.3) is 16.9 Å². The highest BCUT2D eigenvalue weighted by molar-refractivity contribution is 7.89. The van der Waals surface area contributed by atoms with Crippen molar-refractivity contribution in [1.29, 1.82) is 0 Å². The van der Waals surface area contributed by atoms with E-state index in [4.69, 9.17) is 0 Å². The van der Waals surface area contributed by atoms with Crippen LogP contribution in [-0.4, -0.2) is 30.1 Å². The first-order valence-electron chi connectivity index (χ1n) is 9.90. The molecule has 12 heteroatoms. The van der Waals surface area contributed by atoms with Gasteiger partial charge in [0.2, 0.25) is 10.0 Å². The summed E-state index contributed by atoms with van der Waals surface area (Å²) in [7, 11) is -2.42. The summed E-state index contributed by atoms with van der Waals surface area (Å²) in [5, 5.41) is 3.92. The van der Waals surface area contributed by atoms with Gasteiger partial charge in [0.15, 0.2) is 5.65 Å². The second-order valence-electron chi connectivity index (χ2n) is 7.22. The summed E-state index contributed by atoms with van der Waals surface area (Å²) in [5.74, 6) is 5.51. The van der Waals surface area contributed by atoms with Crippen molar-refractivity contribution >= 4 is 15.7 Å². The van der Waals surface area contributed by atoms with E-state index < -0.39 is 33.9 Å². The molecule has 2 aromatic carbocycles. The summed E-state index contributed by atoms with van der Waals surface area (Å²) >= 11 is 0. The predicted octanol–water partition coefficient (Wildman–Crippen LogP) is 4.66. The lowest BCUT2D eigenvalue weighted by atomic mass is 10.1. The second kappa shape index (κ2) is 9.09. The molecule has 4 rings (SSSR count). The van der Waals surface area contributed by atoms with E-state index in [0.717, 1.165) is 34.8 Å². The SMILES string of the molecule is CNS(=O)(=O)c1cccc(C#Cc2cnn3c(C(F)F)cc(-c4ccc(C(F)(F)F)cc4)nc23)c1. The summed E-state index contributed by atoms with van der Waals surface area (Å²) < 4.78 is 93.1. The van der Waals surface area contributed by atoms with Crippen LogP contribution in [0.2, 0.25) is 0 Å². The molecule has 35 heavy (non-hydrogen) atoms. The van der Waals surface area contributed by atoms with Crippen LogP contribution >= 0.6 is 0 Å². The molecule has 0 saturated heterocycles. The lowest BCUT2D eigenvalue weighted by Gasteiger charge is -2.10. The molecule has 0 atom stereocenters. The molecule has 2 heterocycles. The first-order chi connectivity index (χ1) is 16.5. The van der Waals surface area contributed by atoms with Gasteiger partial charge in [0, 0.05) is 11.1 Å². The Morgan fingerprint density at radius 1 is 1.03 bits per heavy atom. The van der Waals surface area contributed by atoms with Crippen LogP contribution in [0, 0.1) is 11.8 Å². The predicted molar refractivity (Wildman–Crippen MR) is 117 cm³/mol. The second-order valence-corrected chi connectivity index (χ2v) is 9.11. The van der Waals surface area contributed by atoms with Gasteiger partial charge in [-0.05, 0) is 43.4 Å². The topological polar surface area (TPSA) is 76.4 Å². The van der Waals surface area contributed by atoms with Crippen LogP contribution in [-0.2, 0) is 16.2 Å². The van der Waals surface area contributed by atoms with Gasteiger partial charge >= 0.3 is 6.18 Å². The first kappa shape index (κ1) is 24.3. The number of hydrogen-bond acceptors (Lipinski definition) is 4. The molecule has 0 unspecified atom stereocenters. The molecule has 0 aliphatic rings. The van der Waals surface area contributed by atoms with Crippen LogP contribution in [0.4, 0.5) is 22.0 Å². The Labute approximate surface area is 196 Å². The van der Waals surface area contributed by atoms with Gasteiger partial charge in [-0.1, -0.05) is 30.0 Å². The van der Waals surface area contributed by atoms with Gasteiger partial charge in [0.1, 0.15) is 5.69 Å². The van der Waals surface area contributed by atoms with Crippen LogP contribution in [0.1, 0.15) is 28.8 Å². The van der Waals surface area contributed by atoms with Crippen molar-refractivity contribution in [2.75, 3.05) is 7.05 Å². The van der Waals surface area contributed by atoms with Gasteiger partial charge in [-0.2, -0.15) is 18.3 Å². The van der Waals surface area contributed by atoms with E-state index in [9.17, 15) is 30.4 Å². The average Bonchev–Trinajstić information content (AvgIpc) is 3.24. The van der Waals surface area contributed by atoms with E-state index in [1.807, 2.05) is 0 Å². The van der Waals surface area contributed by atoms with E-state index >= 15 is 0 Å². The number of aromatic nitrogens is 3. The van der Waals surface area contributed by atoms with Crippen molar-refractivity contribution in [3.63, 3.8) is 0 Å². The average molecular weight is 506 g/mol. The maximum atomic E-state index is 13.7. The number of nitrogens with one attached hydrogen (secondary N) is 1. The Kier molecular flexibility index (Phi) is 6.31. The lowest BCUT2D eigenvalue weighted by Crippen LogP contribution is -2.18. The van der Waals surface area contributed by atoms with Gasteiger partial charge < -0.3 is 0 Å². The van der Waals surface area contributed by atoms with Crippen LogP contribution < -0.4 is 4.72 Å². The molecule has 0 saturated carbocycles. The highest BCUT2D eigenvalue weighted by Gasteiger charge is 2.30. The largest absolute Gasteiger partial charge is 0.416 e. The summed E-state index contributed by atoms with van der Waals surface area (Å²) in [6.07, 6.45) is -6.26. The Balaban J connectivity index is 1.80. The van der Waals surface area contributed by atoms with Crippen molar-refractivity contribution in [3.8, 4) is 23.1 Å². The van der Waals surface area contributed by atoms with Crippen molar-refractivity contribution in [2.24, 2.45) is 0 Å². The monoisotopic (exact) mass is 506 g/mol. The molecule has 0 fully saturated rings. The van der Waals surface area contributed by atoms with E-state index in [1.165, 1.54) is 31.4 Å². The Morgan fingerprint density at radius 3 is 2.37 bits per heavy atom. The van der Waals surface area contributed by atoms with E-state index in [-0.39, 0.29) is 27.4 Å². The fraction of sp³-hybridized carbons (Fsp3) is 0.130. The van der Waals surface area contributed by atoms with Crippen LogP contribution in [0.15, 0.2) is 65.7 Å². The van der Waals surface area contributed by atoms with Crippen LogP contribution in [0.3, 0.4) is 0 Å². The third-order valence-electron chi connectivity index (χ3n) is 4.99. The Hall–Kier alpha value is -3.82. The standard InChI is InChI=1S/C23H15F5N4O2S/c1-29-35(33,34)18-4-2-3-14(11-18)5-6-16-13-30-32-20(21(24)25)12-19(31-22(16)32)15-7-9-17(10-8-15)23(26,27)28/h2-4,7-13,21,29H,1H3. The lowest BCUT2D eigenvalue weighted by molar-refractivity contribution is -0.137. The number of benzene rings is 2. The van der Waals surface area contributed by atoms with Gasteiger partial charge in [0.05, 0.1) is 27.9 Å². The van der Waals surface area contributed by atoms with Crippen LogP contribution in [0.5, 0.6) is 0 Å². The molecule has 0 spiro atoms. The molecular weight excluding hydrogens is 491 g/mol. The highest BCUT2D eigenvalue weighted by Crippen LogP contribution is 2.32. The Bertz CT molecular complexity index is 1570. The minimum Gasteiger partial charge on any atom is -0.227 e. The summed E-state index contributed by atoms with van der Waals surface area (Å²) in [4.78, 5) is 4.29. The van der Waals surface area contributed by atoms with Crippen molar-refractivity contribution < 1.29 is 30.4 Å². The minimum atomic E-state index is -4.54. The molecule has 0 amide bonds. The van der Waals surface area contributed by atoms with Crippen molar-refractivity contribution in [3.05, 3.63) is 83.2 Å². The fourth-order valence-corrected chi connectivity index (χ4v) is 3.98. The molecule has 4 aromatic rings. The number of hydrogen-bond donors (Lipinski definition) is 1. The number of alkyl halides is 5. The summed E-state index contributed by atoms with van der Waals surface area (Å²) in [6, 6.07) is 10.8. The number of fused-ring (bicyclic) bond motifs is 1. The first-order valence-corrected chi connectivity index (χ1v) is 11.4. The number of halogens is 5. The smallest absolute Gasteiger partial charge is 0.227 e. The van der Waals surface area contributed by atoms with Crippen molar-refractivity contribution in [1.82, 2.24) is 19.3 Å². The summed E-state index contributed by atoms with van der Waals surface area (Å²) in [5.41, 5.74) is -0.685. The minimum absolute atomic E-state index is 0.00522. The molecule has 0 bridgehead atoms. The molecule has 0 aliphatic heterocycles. The molecule has 0 radical (unpaired) electrons. The van der Waals surface area contributed by atoms with E-state index in [0.29, 0.717) is 5.56 Å². The fourth-order valence-electron chi connectivity index (χ4n) is 3.21.